The molecule has 8 rings (SSSR count). The average Bonchev–Trinajstić information content (AvgIpc) is 3.61. The van der Waals surface area contributed by atoms with E-state index in [0.29, 0.717) is 34.1 Å². The van der Waals surface area contributed by atoms with Gasteiger partial charge in [0.2, 0.25) is 0 Å². The molecule has 55 heavy (non-hydrogen) atoms. The Bertz CT molecular complexity index is 2860. The highest BCUT2D eigenvalue weighted by molar-refractivity contribution is 5.97. The highest BCUT2D eigenvalue weighted by atomic mass is 16.3. The number of fused-ring (bicyclic) bond motifs is 1. The van der Waals surface area contributed by atoms with Crippen LogP contribution in [0, 0.1) is 12.8 Å². The lowest BCUT2D eigenvalue weighted by molar-refractivity contribution is 0.477. The van der Waals surface area contributed by atoms with Crippen molar-refractivity contribution >= 4 is 11.0 Å². The zero-order chi connectivity index (χ0) is 41.7. The lowest BCUT2D eigenvalue weighted by Crippen LogP contribution is -2.11. The van der Waals surface area contributed by atoms with Crippen molar-refractivity contribution < 1.29 is 10.6 Å². The summed E-state index contributed by atoms with van der Waals surface area (Å²) in [6.45, 7) is 12.6. The molecule has 0 saturated heterocycles. The number of phenolic OH excluding ortho intramolecular Hbond substituents is 1. The lowest BCUT2D eigenvalue weighted by atomic mass is 9.83. The van der Waals surface area contributed by atoms with E-state index in [1.807, 2.05) is 30.3 Å². The summed E-state index contributed by atoms with van der Waals surface area (Å²) in [6.07, 6.45) is 2.61. The number of aromatic nitrogens is 3. The molecule has 0 unspecified atom stereocenters. The van der Waals surface area contributed by atoms with Gasteiger partial charge in [-0.2, -0.15) is 0 Å². The van der Waals surface area contributed by atoms with E-state index >= 15 is 0 Å². The Hall–Kier alpha value is -6.26. The number of pyridine rings is 1. The smallest absolute Gasteiger partial charge is 0.149 e. The van der Waals surface area contributed by atoms with Gasteiger partial charge in [-0.3, -0.25) is 9.55 Å². The third kappa shape index (κ3) is 7.20. The quantitative estimate of drug-likeness (QED) is 0.170. The van der Waals surface area contributed by atoms with Crippen LogP contribution in [-0.4, -0.2) is 19.6 Å². The number of rotatable bonds is 8. The first-order chi connectivity index (χ1) is 28.2. The van der Waals surface area contributed by atoms with Crippen molar-refractivity contribution in [2.24, 2.45) is 5.92 Å². The molecular weight excluding hydrogens is 671 g/mol. The molecule has 2 aromatic heterocycles. The van der Waals surface area contributed by atoms with E-state index < -0.39 is 0 Å². The molecule has 0 atom stereocenters. The number of hydrogen-bond donors (Lipinski definition) is 1. The van der Waals surface area contributed by atoms with Gasteiger partial charge in [-0.15, -0.1) is 0 Å². The number of benzene rings is 6. The molecule has 0 amide bonds. The largest absolute Gasteiger partial charge is 0.507 e. The summed E-state index contributed by atoms with van der Waals surface area (Å²) in [5, 5.41) is 11.3. The Morgan fingerprint density at radius 3 is 2.15 bits per heavy atom. The van der Waals surface area contributed by atoms with Gasteiger partial charge in [0.1, 0.15) is 11.6 Å². The Labute approximate surface area is 330 Å². The van der Waals surface area contributed by atoms with Gasteiger partial charge in [0.25, 0.3) is 0 Å². The molecule has 4 heteroatoms. The minimum absolute atomic E-state index is 0.0468. The van der Waals surface area contributed by atoms with E-state index in [-0.39, 0.29) is 40.9 Å². The van der Waals surface area contributed by atoms with E-state index in [9.17, 15) is 5.11 Å². The van der Waals surface area contributed by atoms with E-state index in [4.69, 9.17) is 15.5 Å². The Kier molecular flexibility index (Phi) is 8.22. The van der Waals surface area contributed by atoms with Crippen LogP contribution in [0.2, 0.25) is 0 Å². The molecule has 0 fully saturated rings. The molecule has 0 spiro atoms. The van der Waals surface area contributed by atoms with Crippen molar-refractivity contribution in [3.05, 3.63) is 168 Å². The third-order valence-corrected chi connectivity index (χ3v) is 10.1. The number of hydrogen-bond acceptors (Lipinski definition) is 3. The minimum Gasteiger partial charge on any atom is -0.507 e. The molecule has 0 saturated carbocycles. The van der Waals surface area contributed by atoms with Gasteiger partial charge in [-0.05, 0) is 113 Å². The highest BCUT2D eigenvalue weighted by Crippen LogP contribution is 2.42. The fraction of sp³-hybridized carbons (Fsp3) is 0.176. The summed E-state index contributed by atoms with van der Waals surface area (Å²) >= 11 is 0. The Balaban J connectivity index is 1.38. The van der Waals surface area contributed by atoms with E-state index in [2.05, 4.69) is 118 Å². The topological polar surface area (TPSA) is 50.9 Å². The van der Waals surface area contributed by atoms with Crippen molar-refractivity contribution in [1.29, 1.82) is 0 Å². The summed E-state index contributed by atoms with van der Waals surface area (Å²) < 4.78 is 36.6. The van der Waals surface area contributed by atoms with Crippen LogP contribution in [0.1, 0.15) is 56.8 Å². The van der Waals surface area contributed by atoms with Gasteiger partial charge in [0, 0.05) is 22.9 Å². The third-order valence-electron chi connectivity index (χ3n) is 10.1. The Morgan fingerprint density at radius 1 is 0.673 bits per heavy atom. The highest BCUT2D eigenvalue weighted by Gasteiger charge is 2.24. The van der Waals surface area contributed by atoms with Crippen LogP contribution < -0.4 is 0 Å². The molecule has 0 radical (unpaired) electrons. The maximum Gasteiger partial charge on any atom is 0.149 e. The maximum atomic E-state index is 11.3. The Morgan fingerprint density at radius 2 is 1.40 bits per heavy atom. The standard InChI is InChI=1S/C51H47N3O/c1-33(2)27-35-21-24-46(44(28-35)37-13-8-7-9-14-37)54-47-17-12-16-42(49(47)53-50(54)43-15-10-11-18-48(43)55)39-29-40(31-41(30-39)51(4,5)6)45-32-38(25-26-52-45)36-22-19-34(3)20-23-36/h7-26,28-33,55H,27H2,1-6H3/i19D,20D,22D,23D. The fourth-order valence-electron chi connectivity index (χ4n) is 7.27. The normalized spacial score (nSPS) is 12.8. The molecule has 2 heterocycles. The number of nitrogens with zero attached hydrogens (tertiary/aromatic N) is 3. The minimum atomic E-state index is -0.237. The first kappa shape index (κ1) is 31.1. The lowest BCUT2D eigenvalue weighted by Gasteiger charge is -2.22. The van der Waals surface area contributed by atoms with Crippen molar-refractivity contribution in [1.82, 2.24) is 14.5 Å². The van der Waals surface area contributed by atoms with Gasteiger partial charge in [-0.25, -0.2) is 4.98 Å². The van der Waals surface area contributed by atoms with Crippen molar-refractivity contribution in [2.45, 2.75) is 53.4 Å². The predicted molar refractivity (Wildman–Crippen MR) is 230 cm³/mol. The SMILES string of the molecule is [2H]c1c([2H])c(-c2ccnc(-c3cc(-c4cccc5c4nc(-c4ccccc4O)n5-c4ccc(CC(C)C)cc4-c4ccccc4)cc(C(C)(C)C)c3)c2)c([2H])c([2H])c1C. The second kappa shape index (κ2) is 14.5. The molecule has 1 N–H and O–H groups in total. The molecule has 272 valence electrons. The molecule has 4 nitrogen and oxygen atoms in total. The molecule has 0 aliphatic rings. The van der Waals surface area contributed by atoms with Gasteiger partial charge >= 0.3 is 0 Å². The summed E-state index contributed by atoms with van der Waals surface area (Å²) in [6, 6.07) is 40.5. The van der Waals surface area contributed by atoms with Crippen molar-refractivity contribution in [3.8, 4) is 67.5 Å². The van der Waals surface area contributed by atoms with Crippen LogP contribution >= 0.6 is 0 Å². The van der Waals surface area contributed by atoms with Crippen molar-refractivity contribution in [2.75, 3.05) is 0 Å². The molecule has 0 aliphatic carbocycles. The molecule has 0 aliphatic heterocycles. The summed E-state index contributed by atoms with van der Waals surface area (Å²) in [5.74, 6) is 1.25. The zero-order valence-corrected chi connectivity index (χ0v) is 32.2. The number of imidazole rings is 1. The first-order valence-electron chi connectivity index (χ1n) is 20.9. The van der Waals surface area contributed by atoms with Gasteiger partial charge < -0.3 is 5.11 Å². The summed E-state index contributed by atoms with van der Waals surface area (Å²) in [7, 11) is 0. The first-order valence-corrected chi connectivity index (χ1v) is 18.9. The maximum absolute atomic E-state index is 11.3. The number of phenols is 1. The van der Waals surface area contributed by atoms with Crippen LogP contribution in [0.5, 0.6) is 5.75 Å². The summed E-state index contributed by atoms with van der Waals surface area (Å²) in [4.78, 5) is 10.2. The van der Waals surface area contributed by atoms with Gasteiger partial charge in [0.15, 0.2) is 0 Å². The fourth-order valence-corrected chi connectivity index (χ4v) is 7.27. The van der Waals surface area contributed by atoms with Gasteiger partial charge in [-0.1, -0.05) is 131 Å². The van der Waals surface area contributed by atoms with E-state index in [0.717, 1.165) is 56.5 Å². The molecular formula is C51H47N3O. The van der Waals surface area contributed by atoms with Crippen LogP contribution in [0.4, 0.5) is 0 Å². The monoisotopic (exact) mass is 721 g/mol. The predicted octanol–water partition coefficient (Wildman–Crippen LogP) is 13.3. The van der Waals surface area contributed by atoms with Crippen LogP contribution in [0.15, 0.2) is 152 Å². The molecule has 0 bridgehead atoms. The van der Waals surface area contributed by atoms with Gasteiger partial charge in [0.05, 0.1) is 33.5 Å². The van der Waals surface area contributed by atoms with E-state index in [1.165, 1.54) is 5.56 Å². The number of aromatic hydroxyl groups is 1. The van der Waals surface area contributed by atoms with Crippen LogP contribution in [-0.2, 0) is 11.8 Å². The van der Waals surface area contributed by atoms with Crippen molar-refractivity contribution in [3.63, 3.8) is 0 Å². The second-order valence-electron chi connectivity index (χ2n) is 15.8. The molecule has 6 aromatic carbocycles. The van der Waals surface area contributed by atoms with E-state index in [1.54, 1.807) is 25.3 Å². The zero-order valence-electron chi connectivity index (χ0n) is 36.2. The molecule has 8 aromatic rings. The second-order valence-corrected chi connectivity index (χ2v) is 15.8. The van der Waals surface area contributed by atoms with Crippen LogP contribution in [0.3, 0.4) is 0 Å². The average molecular weight is 722 g/mol. The van der Waals surface area contributed by atoms with Crippen LogP contribution in [0.25, 0.3) is 72.7 Å². The number of para-hydroxylation sites is 2. The summed E-state index contributed by atoms with van der Waals surface area (Å²) in [5.41, 5.74) is 12.0.